The average Bonchev–Trinajstić information content (AvgIpc) is 3.17. The number of carbonyl (C=O) groups is 2. The molecular weight excluding hydrogens is 427 g/mol. The molecule has 2 N–H and O–H groups in total. The summed E-state index contributed by atoms with van der Waals surface area (Å²) >= 11 is 0. The van der Waals surface area contributed by atoms with Gasteiger partial charge in [0.1, 0.15) is 24.5 Å². The van der Waals surface area contributed by atoms with E-state index in [1.165, 1.54) is 12.3 Å². The summed E-state index contributed by atoms with van der Waals surface area (Å²) < 4.78 is 19.9. The number of fused-ring (bicyclic) bond motifs is 1. The number of β-amino-alcohol motifs (C(OH)–C–C–N with tert-alkyl or cyclic N) is 1. The van der Waals surface area contributed by atoms with E-state index in [0.717, 1.165) is 11.1 Å². The number of aryl methyl sites for hydroxylation is 1. The number of pyridine rings is 1. The maximum Gasteiger partial charge on any atom is 0.338 e. The number of nitrogens with one attached hydrogen (secondary N) is 1. The van der Waals surface area contributed by atoms with Crippen molar-refractivity contribution in [3.8, 4) is 6.07 Å². The van der Waals surface area contributed by atoms with Crippen LogP contribution in [0.4, 0.5) is 4.39 Å². The summed E-state index contributed by atoms with van der Waals surface area (Å²) in [7, 11) is 0. The molecule has 2 aliphatic heterocycles. The van der Waals surface area contributed by atoms with Crippen LogP contribution in [0.2, 0.25) is 0 Å². The number of esters is 1. The molecule has 0 saturated carbocycles. The minimum absolute atomic E-state index is 0.0768. The molecule has 1 fully saturated rings. The van der Waals surface area contributed by atoms with Crippen LogP contribution in [0, 0.1) is 25.2 Å². The second-order valence-electron chi connectivity index (χ2n) is 8.54. The zero-order valence-corrected chi connectivity index (χ0v) is 18.5. The van der Waals surface area contributed by atoms with Crippen LogP contribution in [-0.4, -0.2) is 58.7 Å². The highest BCUT2D eigenvalue weighted by atomic mass is 19.1. The van der Waals surface area contributed by atoms with Crippen molar-refractivity contribution in [2.45, 2.75) is 45.2 Å². The van der Waals surface area contributed by atoms with Crippen LogP contribution in [0.25, 0.3) is 0 Å². The fourth-order valence-corrected chi connectivity index (χ4v) is 4.41. The molecule has 4 rings (SSSR count). The number of nitriles is 1. The molecule has 1 aromatic carbocycles. The highest BCUT2D eigenvalue weighted by Crippen LogP contribution is 2.30. The van der Waals surface area contributed by atoms with Crippen LogP contribution in [0.3, 0.4) is 0 Å². The van der Waals surface area contributed by atoms with Crippen molar-refractivity contribution in [1.82, 2.24) is 15.2 Å². The molecule has 172 valence electrons. The number of amides is 1. The molecule has 2 aromatic rings. The molecule has 1 unspecified atom stereocenters. The Bertz CT molecular complexity index is 1150. The zero-order chi connectivity index (χ0) is 23.7. The standard InChI is InChI=1S/C24H25FN4O4/c1-13-7-21(27-9-15(13)8-26)23(31)28-20-5-6-29(10-19(20)25)11-22(30)16-3-4-17-18(14(16)2)12-33-24(17)32/h3-4,7,9,19-20,22,30H,5-6,10-12H2,1-2H3,(H,28,31)/t19-,20+,22?/m1/s1. The Morgan fingerprint density at radius 1 is 1.45 bits per heavy atom. The van der Waals surface area contributed by atoms with E-state index in [4.69, 9.17) is 10.00 Å². The zero-order valence-electron chi connectivity index (χ0n) is 18.5. The topological polar surface area (TPSA) is 116 Å². The van der Waals surface area contributed by atoms with Crippen molar-refractivity contribution < 1.29 is 23.8 Å². The fraction of sp³-hybridized carbons (Fsp3) is 0.417. The van der Waals surface area contributed by atoms with Crippen LogP contribution < -0.4 is 5.32 Å². The molecule has 0 bridgehead atoms. The molecule has 0 radical (unpaired) electrons. The average molecular weight is 452 g/mol. The number of ether oxygens (including phenoxy) is 1. The van der Waals surface area contributed by atoms with E-state index in [2.05, 4.69) is 10.3 Å². The largest absolute Gasteiger partial charge is 0.457 e. The SMILES string of the molecule is Cc1cc(C(=O)N[C@H]2CCN(CC(O)c3ccc4c(c3C)COC4=O)C[C@H]2F)ncc1C#N. The van der Waals surface area contributed by atoms with Crippen LogP contribution in [0.1, 0.15) is 61.2 Å². The molecule has 1 amide bonds. The van der Waals surface area contributed by atoms with E-state index in [-0.39, 0.29) is 31.4 Å². The van der Waals surface area contributed by atoms with Crippen LogP contribution in [-0.2, 0) is 11.3 Å². The fourth-order valence-electron chi connectivity index (χ4n) is 4.41. The quantitative estimate of drug-likeness (QED) is 0.668. The van der Waals surface area contributed by atoms with Crippen LogP contribution in [0.15, 0.2) is 24.4 Å². The number of rotatable bonds is 5. The molecule has 0 aliphatic carbocycles. The van der Waals surface area contributed by atoms with E-state index in [9.17, 15) is 19.1 Å². The predicted molar refractivity (Wildman–Crippen MR) is 116 cm³/mol. The monoisotopic (exact) mass is 452 g/mol. The lowest BCUT2D eigenvalue weighted by Gasteiger charge is -2.36. The molecule has 0 spiro atoms. The van der Waals surface area contributed by atoms with Crippen molar-refractivity contribution in [3.63, 3.8) is 0 Å². The molecule has 2 aliphatic rings. The van der Waals surface area contributed by atoms with Gasteiger partial charge in [0.2, 0.25) is 0 Å². The lowest BCUT2D eigenvalue weighted by atomic mass is 9.94. The third-order valence-electron chi connectivity index (χ3n) is 6.40. The van der Waals surface area contributed by atoms with E-state index in [1.54, 1.807) is 19.1 Å². The molecule has 9 heteroatoms. The number of cyclic esters (lactones) is 1. The molecule has 33 heavy (non-hydrogen) atoms. The Kier molecular flexibility index (Phi) is 6.40. The third-order valence-corrected chi connectivity index (χ3v) is 6.40. The van der Waals surface area contributed by atoms with E-state index in [0.29, 0.717) is 35.2 Å². The second kappa shape index (κ2) is 9.25. The number of aromatic nitrogens is 1. The first kappa shape index (κ1) is 22.8. The highest BCUT2D eigenvalue weighted by molar-refractivity contribution is 5.94. The van der Waals surface area contributed by atoms with Gasteiger partial charge < -0.3 is 15.2 Å². The summed E-state index contributed by atoms with van der Waals surface area (Å²) in [5.41, 5.74) is 3.99. The number of alkyl halides is 1. The number of likely N-dealkylation sites (tertiary alicyclic amines) is 1. The number of aliphatic hydroxyl groups excluding tert-OH is 1. The number of carbonyl (C=O) groups excluding carboxylic acids is 2. The molecular formula is C24H25FN4O4. The summed E-state index contributed by atoms with van der Waals surface area (Å²) in [5.74, 6) is -0.834. The molecule has 1 saturated heterocycles. The van der Waals surface area contributed by atoms with Gasteiger partial charge in [-0.15, -0.1) is 0 Å². The maximum atomic E-state index is 14.9. The van der Waals surface area contributed by atoms with Gasteiger partial charge in [0.15, 0.2) is 0 Å². The summed E-state index contributed by atoms with van der Waals surface area (Å²) in [5, 5.41) is 22.5. The van der Waals surface area contributed by atoms with Crippen molar-refractivity contribution in [1.29, 1.82) is 5.26 Å². The maximum absolute atomic E-state index is 14.9. The minimum atomic E-state index is -1.30. The smallest absolute Gasteiger partial charge is 0.338 e. The first-order chi connectivity index (χ1) is 15.8. The number of hydrogen-bond acceptors (Lipinski definition) is 7. The van der Waals surface area contributed by atoms with Crippen molar-refractivity contribution in [2.75, 3.05) is 19.6 Å². The Morgan fingerprint density at radius 2 is 2.24 bits per heavy atom. The summed E-state index contributed by atoms with van der Waals surface area (Å²) in [6.07, 6.45) is -0.415. The Labute approximate surface area is 191 Å². The molecule has 8 nitrogen and oxygen atoms in total. The van der Waals surface area contributed by atoms with Crippen LogP contribution in [0.5, 0.6) is 0 Å². The summed E-state index contributed by atoms with van der Waals surface area (Å²) in [4.78, 5) is 30.0. The first-order valence-electron chi connectivity index (χ1n) is 10.8. The lowest BCUT2D eigenvalue weighted by molar-refractivity contribution is 0.0526. The second-order valence-corrected chi connectivity index (χ2v) is 8.54. The van der Waals surface area contributed by atoms with Gasteiger partial charge in [-0.1, -0.05) is 6.07 Å². The molecule has 1 aromatic heterocycles. The number of benzene rings is 1. The van der Waals surface area contributed by atoms with Crippen LogP contribution >= 0.6 is 0 Å². The van der Waals surface area contributed by atoms with Crippen molar-refractivity contribution >= 4 is 11.9 Å². The normalized spacial score (nSPS) is 21.1. The Morgan fingerprint density at radius 3 is 2.94 bits per heavy atom. The van der Waals surface area contributed by atoms with E-state index in [1.807, 2.05) is 17.9 Å². The number of aliphatic hydroxyl groups is 1. The first-order valence-corrected chi connectivity index (χ1v) is 10.8. The molecule has 3 atom stereocenters. The van der Waals surface area contributed by atoms with Gasteiger partial charge in [-0.3, -0.25) is 9.69 Å². The van der Waals surface area contributed by atoms with Gasteiger partial charge in [0, 0.05) is 31.4 Å². The predicted octanol–water partition coefficient (Wildman–Crippen LogP) is 2.12. The summed E-state index contributed by atoms with van der Waals surface area (Å²) in [6, 6.07) is 6.24. The number of piperidine rings is 1. The van der Waals surface area contributed by atoms with E-state index < -0.39 is 24.2 Å². The van der Waals surface area contributed by atoms with Gasteiger partial charge in [-0.25, -0.2) is 14.2 Å². The number of hydrogen-bond donors (Lipinski definition) is 2. The van der Waals surface area contributed by atoms with Gasteiger partial charge in [-0.05, 0) is 49.1 Å². The lowest BCUT2D eigenvalue weighted by Crippen LogP contribution is -2.53. The van der Waals surface area contributed by atoms with Gasteiger partial charge >= 0.3 is 5.97 Å². The van der Waals surface area contributed by atoms with Gasteiger partial charge in [0.25, 0.3) is 5.91 Å². The third kappa shape index (κ3) is 4.58. The minimum Gasteiger partial charge on any atom is -0.457 e. The summed E-state index contributed by atoms with van der Waals surface area (Å²) in [6.45, 7) is 4.59. The van der Waals surface area contributed by atoms with Gasteiger partial charge in [0.05, 0.1) is 23.3 Å². The molecule has 3 heterocycles. The Balaban J connectivity index is 1.35. The van der Waals surface area contributed by atoms with Gasteiger partial charge in [-0.2, -0.15) is 5.26 Å². The van der Waals surface area contributed by atoms with E-state index >= 15 is 0 Å². The Hall–Kier alpha value is -3.35. The number of nitrogens with zero attached hydrogens (tertiary/aromatic N) is 3. The highest BCUT2D eigenvalue weighted by Gasteiger charge is 2.32. The van der Waals surface area contributed by atoms with Crippen molar-refractivity contribution in [2.24, 2.45) is 0 Å². The number of halogens is 1. The van der Waals surface area contributed by atoms with Crippen molar-refractivity contribution in [3.05, 3.63) is 63.5 Å².